The number of hydrogen-bond donors (Lipinski definition) is 1. The highest BCUT2D eigenvalue weighted by Gasteiger charge is 2.22. The van der Waals surface area contributed by atoms with Crippen molar-refractivity contribution in [3.8, 4) is 0 Å². The van der Waals surface area contributed by atoms with Crippen molar-refractivity contribution in [2.45, 2.75) is 19.9 Å². The summed E-state index contributed by atoms with van der Waals surface area (Å²) in [6.07, 6.45) is 0. The van der Waals surface area contributed by atoms with Crippen LogP contribution in [-0.4, -0.2) is 37.1 Å². The van der Waals surface area contributed by atoms with Crippen LogP contribution in [0.15, 0.2) is 54.6 Å². The van der Waals surface area contributed by atoms with Crippen LogP contribution in [0, 0.1) is 6.92 Å². The average molecular weight is 323 g/mol. The summed E-state index contributed by atoms with van der Waals surface area (Å²) in [6, 6.07) is 18.7. The first-order valence-electron chi connectivity index (χ1n) is 8.55. The second-order valence-corrected chi connectivity index (χ2v) is 6.39. The van der Waals surface area contributed by atoms with Gasteiger partial charge in [-0.25, -0.2) is 4.79 Å². The predicted molar refractivity (Wildman–Crippen MR) is 98.4 cm³/mol. The zero-order chi connectivity index (χ0) is 16.9. The molecule has 3 rings (SSSR count). The van der Waals surface area contributed by atoms with E-state index < -0.39 is 0 Å². The molecule has 2 aromatic carbocycles. The van der Waals surface area contributed by atoms with Gasteiger partial charge >= 0.3 is 6.03 Å². The molecule has 0 spiro atoms. The molecule has 1 unspecified atom stereocenters. The summed E-state index contributed by atoms with van der Waals surface area (Å²) in [4.78, 5) is 16.7. The van der Waals surface area contributed by atoms with E-state index in [2.05, 4.69) is 41.4 Å². The van der Waals surface area contributed by atoms with Gasteiger partial charge in [0, 0.05) is 31.9 Å². The van der Waals surface area contributed by atoms with Gasteiger partial charge in [0.05, 0.1) is 6.04 Å². The summed E-state index contributed by atoms with van der Waals surface area (Å²) in [5.41, 5.74) is 3.63. The molecule has 4 heteroatoms. The molecule has 126 valence electrons. The van der Waals surface area contributed by atoms with Crippen LogP contribution in [0.3, 0.4) is 0 Å². The monoisotopic (exact) mass is 323 g/mol. The van der Waals surface area contributed by atoms with E-state index in [-0.39, 0.29) is 12.1 Å². The second kappa shape index (κ2) is 7.39. The second-order valence-electron chi connectivity index (χ2n) is 6.39. The van der Waals surface area contributed by atoms with E-state index in [1.165, 1.54) is 11.3 Å². The minimum Gasteiger partial charge on any atom is -0.368 e. The summed E-state index contributed by atoms with van der Waals surface area (Å²) < 4.78 is 0. The molecule has 1 atom stereocenters. The molecule has 1 N–H and O–H groups in total. The zero-order valence-corrected chi connectivity index (χ0v) is 14.4. The van der Waals surface area contributed by atoms with Crippen molar-refractivity contribution in [1.82, 2.24) is 10.2 Å². The lowest BCUT2D eigenvalue weighted by atomic mass is 10.1. The number of nitrogens with one attached hydrogen (secondary N) is 1. The molecule has 0 radical (unpaired) electrons. The van der Waals surface area contributed by atoms with E-state index >= 15 is 0 Å². The Morgan fingerprint density at radius 2 is 1.58 bits per heavy atom. The number of piperazine rings is 1. The van der Waals surface area contributed by atoms with Crippen molar-refractivity contribution >= 4 is 11.7 Å². The zero-order valence-electron chi connectivity index (χ0n) is 14.4. The Hall–Kier alpha value is -2.49. The van der Waals surface area contributed by atoms with Crippen LogP contribution in [-0.2, 0) is 0 Å². The van der Waals surface area contributed by atoms with Gasteiger partial charge in [-0.3, -0.25) is 0 Å². The van der Waals surface area contributed by atoms with E-state index in [0.29, 0.717) is 0 Å². The Bertz CT molecular complexity index is 661. The van der Waals surface area contributed by atoms with Crippen LogP contribution in [0.1, 0.15) is 24.1 Å². The topological polar surface area (TPSA) is 35.6 Å². The van der Waals surface area contributed by atoms with Gasteiger partial charge in [0.15, 0.2) is 0 Å². The number of urea groups is 1. The Balaban J connectivity index is 1.52. The van der Waals surface area contributed by atoms with Gasteiger partial charge in [-0.1, -0.05) is 48.0 Å². The van der Waals surface area contributed by atoms with Crippen LogP contribution in [0.5, 0.6) is 0 Å². The first kappa shape index (κ1) is 16.4. The highest BCUT2D eigenvalue weighted by Crippen LogP contribution is 2.18. The fraction of sp³-hybridized carbons (Fsp3) is 0.350. The lowest BCUT2D eigenvalue weighted by molar-refractivity contribution is 0.191. The maximum atomic E-state index is 12.5. The van der Waals surface area contributed by atoms with Gasteiger partial charge in [-0.15, -0.1) is 0 Å². The Morgan fingerprint density at radius 3 is 2.21 bits per heavy atom. The number of carbonyl (C=O) groups excluding carboxylic acids is 1. The fourth-order valence-electron chi connectivity index (χ4n) is 3.02. The molecular weight excluding hydrogens is 298 g/mol. The molecule has 24 heavy (non-hydrogen) atoms. The molecule has 0 bridgehead atoms. The molecule has 1 fully saturated rings. The highest BCUT2D eigenvalue weighted by molar-refractivity contribution is 5.75. The van der Waals surface area contributed by atoms with Crippen LogP contribution in [0.2, 0.25) is 0 Å². The maximum Gasteiger partial charge on any atom is 0.317 e. The third-order valence-electron chi connectivity index (χ3n) is 4.61. The maximum absolute atomic E-state index is 12.5. The van der Waals surface area contributed by atoms with E-state index in [4.69, 9.17) is 0 Å². The summed E-state index contributed by atoms with van der Waals surface area (Å²) >= 11 is 0. The van der Waals surface area contributed by atoms with Crippen LogP contribution in [0.25, 0.3) is 0 Å². The van der Waals surface area contributed by atoms with E-state index in [1.807, 2.05) is 42.2 Å². The van der Waals surface area contributed by atoms with E-state index in [0.717, 1.165) is 31.7 Å². The molecule has 1 heterocycles. The summed E-state index contributed by atoms with van der Waals surface area (Å²) in [5, 5.41) is 3.10. The summed E-state index contributed by atoms with van der Waals surface area (Å²) in [7, 11) is 0. The lowest BCUT2D eigenvalue weighted by Crippen LogP contribution is -2.52. The Morgan fingerprint density at radius 1 is 0.958 bits per heavy atom. The number of amides is 2. The van der Waals surface area contributed by atoms with Crippen LogP contribution in [0.4, 0.5) is 10.5 Å². The molecule has 0 aromatic heterocycles. The normalized spacial score (nSPS) is 15.9. The molecular formula is C20H25N3O. The number of benzene rings is 2. The minimum absolute atomic E-state index is 0.0221. The van der Waals surface area contributed by atoms with Gasteiger partial charge in [0.2, 0.25) is 0 Å². The highest BCUT2D eigenvalue weighted by atomic mass is 16.2. The molecule has 1 aliphatic heterocycles. The number of aryl methyl sites for hydroxylation is 1. The standard InChI is InChI=1S/C20H25N3O/c1-16-8-10-19(11-9-16)22-12-14-23(15-13-22)20(24)21-17(2)18-6-4-3-5-7-18/h3-11,17H,12-15H2,1-2H3,(H,21,24). The molecule has 1 saturated heterocycles. The number of anilines is 1. The smallest absolute Gasteiger partial charge is 0.317 e. The SMILES string of the molecule is Cc1ccc(N2CCN(C(=O)NC(C)c3ccccc3)CC2)cc1. The van der Waals surface area contributed by atoms with Crippen molar-refractivity contribution in [2.75, 3.05) is 31.1 Å². The number of rotatable bonds is 3. The third-order valence-corrected chi connectivity index (χ3v) is 4.61. The van der Waals surface area contributed by atoms with Crippen LogP contribution >= 0.6 is 0 Å². The van der Waals surface area contributed by atoms with Gasteiger partial charge in [-0.2, -0.15) is 0 Å². The molecule has 0 saturated carbocycles. The number of hydrogen-bond acceptors (Lipinski definition) is 2. The molecule has 2 amide bonds. The lowest BCUT2D eigenvalue weighted by Gasteiger charge is -2.36. The Kier molecular flexibility index (Phi) is 5.04. The van der Waals surface area contributed by atoms with Crippen molar-refractivity contribution < 1.29 is 4.79 Å². The summed E-state index contributed by atoms with van der Waals surface area (Å²) in [5.74, 6) is 0. The van der Waals surface area contributed by atoms with Crippen molar-refractivity contribution in [3.63, 3.8) is 0 Å². The molecule has 1 aliphatic rings. The molecule has 4 nitrogen and oxygen atoms in total. The first-order valence-corrected chi connectivity index (χ1v) is 8.55. The number of nitrogens with zero attached hydrogens (tertiary/aromatic N) is 2. The van der Waals surface area contributed by atoms with Gasteiger partial charge in [0.1, 0.15) is 0 Å². The van der Waals surface area contributed by atoms with Crippen molar-refractivity contribution in [1.29, 1.82) is 0 Å². The van der Waals surface area contributed by atoms with Gasteiger partial charge < -0.3 is 15.1 Å². The first-order chi connectivity index (χ1) is 11.6. The molecule has 0 aliphatic carbocycles. The third kappa shape index (κ3) is 3.88. The quantitative estimate of drug-likeness (QED) is 0.937. The van der Waals surface area contributed by atoms with Gasteiger partial charge in [0.25, 0.3) is 0 Å². The van der Waals surface area contributed by atoms with Crippen LogP contribution < -0.4 is 10.2 Å². The van der Waals surface area contributed by atoms with E-state index in [1.54, 1.807) is 0 Å². The summed E-state index contributed by atoms with van der Waals surface area (Å²) in [6.45, 7) is 7.37. The number of carbonyl (C=O) groups is 1. The van der Waals surface area contributed by atoms with E-state index in [9.17, 15) is 4.79 Å². The van der Waals surface area contributed by atoms with Gasteiger partial charge in [-0.05, 0) is 31.5 Å². The average Bonchev–Trinajstić information content (AvgIpc) is 2.63. The van der Waals surface area contributed by atoms with Crippen molar-refractivity contribution in [2.24, 2.45) is 0 Å². The Labute approximate surface area is 144 Å². The predicted octanol–water partition coefficient (Wildman–Crippen LogP) is 3.59. The van der Waals surface area contributed by atoms with Crippen molar-refractivity contribution in [3.05, 3.63) is 65.7 Å². The minimum atomic E-state index is 0.0221. The largest absolute Gasteiger partial charge is 0.368 e. The fourth-order valence-corrected chi connectivity index (χ4v) is 3.02. The molecule has 2 aromatic rings.